The van der Waals surface area contributed by atoms with Gasteiger partial charge in [0, 0.05) is 24.4 Å². The van der Waals surface area contributed by atoms with E-state index >= 15 is 0 Å². The summed E-state index contributed by atoms with van der Waals surface area (Å²) in [5.74, 6) is 2.13. The number of aromatic nitrogens is 1. The molecule has 0 saturated heterocycles. The van der Waals surface area contributed by atoms with Crippen LogP contribution in [0.3, 0.4) is 0 Å². The molecule has 0 fully saturated rings. The van der Waals surface area contributed by atoms with Crippen molar-refractivity contribution in [3.63, 3.8) is 0 Å². The van der Waals surface area contributed by atoms with Crippen LogP contribution in [0.5, 0.6) is 11.5 Å². The molecule has 29 heavy (non-hydrogen) atoms. The molecular weight excluding hydrogens is 404 g/mol. The Labute approximate surface area is 179 Å². The predicted molar refractivity (Wildman–Crippen MR) is 121 cm³/mol. The summed E-state index contributed by atoms with van der Waals surface area (Å²) >= 11 is 3.26. The molecule has 0 bridgehead atoms. The number of thiazole rings is 1. The Hall–Kier alpha value is -2.25. The van der Waals surface area contributed by atoms with Crippen LogP contribution >= 0.6 is 23.1 Å². The van der Waals surface area contributed by atoms with Crippen LogP contribution in [-0.4, -0.2) is 36.7 Å². The maximum Gasteiger partial charge on any atom is 0.252 e. The van der Waals surface area contributed by atoms with Gasteiger partial charge < -0.3 is 14.0 Å². The Morgan fingerprint density at radius 2 is 1.86 bits per heavy atom. The Bertz CT molecular complexity index is 1100. The van der Waals surface area contributed by atoms with Gasteiger partial charge in [-0.25, -0.2) is 0 Å². The number of benzene rings is 2. The van der Waals surface area contributed by atoms with Gasteiger partial charge in [0.1, 0.15) is 0 Å². The Morgan fingerprint density at radius 1 is 1.14 bits per heavy atom. The average molecular weight is 431 g/mol. The first-order valence-electron chi connectivity index (χ1n) is 9.34. The van der Waals surface area contributed by atoms with Crippen LogP contribution in [-0.2, 0) is 17.8 Å². The van der Waals surface area contributed by atoms with Gasteiger partial charge in [0.15, 0.2) is 16.3 Å². The number of hydrogen-bond acceptors (Lipinski definition) is 5. The van der Waals surface area contributed by atoms with E-state index in [0.717, 1.165) is 33.6 Å². The molecule has 0 aliphatic rings. The van der Waals surface area contributed by atoms with E-state index < -0.39 is 0 Å². The lowest BCUT2D eigenvalue weighted by Crippen LogP contribution is -2.18. The third kappa shape index (κ3) is 4.85. The summed E-state index contributed by atoms with van der Waals surface area (Å²) in [6.45, 7) is 4.86. The first kappa shape index (κ1) is 21.5. The van der Waals surface area contributed by atoms with Gasteiger partial charge in [0.25, 0.3) is 5.91 Å². The van der Waals surface area contributed by atoms with Gasteiger partial charge in [-0.05, 0) is 31.2 Å². The highest BCUT2D eigenvalue weighted by Gasteiger charge is 2.14. The van der Waals surface area contributed by atoms with E-state index in [9.17, 15) is 4.79 Å². The third-order valence-electron chi connectivity index (χ3n) is 4.77. The van der Waals surface area contributed by atoms with Gasteiger partial charge in [0.05, 0.1) is 30.9 Å². The molecule has 1 amide bonds. The lowest BCUT2D eigenvalue weighted by Gasteiger charge is -2.09. The number of aryl methyl sites for hydroxylation is 3. The molecule has 7 heteroatoms. The van der Waals surface area contributed by atoms with E-state index in [1.807, 2.05) is 31.2 Å². The fourth-order valence-corrected chi connectivity index (χ4v) is 4.68. The fraction of sp³-hybridized carbons (Fsp3) is 0.364. The first-order valence-corrected chi connectivity index (χ1v) is 11.6. The van der Waals surface area contributed by atoms with Gasteiger partial charge in [-0.15, -0.1) is 0 Å². The van der Waals surface area contributed by atoms with E-state index in [4.69, 9.17) is 9.47 Å². The van der Waals surface area contributed by atoms with Gasteiger partial charge in [-0.2, -0.15) is 16.8 Å². The molecule has 0 N–H and O–H groups in total. The number of methoxy groups -OCH3 is 2. The van der Waals surface area contributed by atoms with E-state index in [1.54, 1.807) is 26.0 Å². The summed E-state index contributed by atoms with van der Waals surface area (Å²) in [6.07, 6.45) is 2.37. The summed E-state index contributed by atoms with van der Waals surface area (Å²) < 4.78 is 14.0. The number of rotatable bonds is 7. The van der Waals surface area contributed by atoms with Crippen molar-refractivity contribution < 1.29 is 14.3 Å². The number of carbonyl (C=O) groups excluding carboxylic acids is 1. The maximum atomic E-state index is 12.7. The minimum Gasteiger partial charge on any atom is -0.493 e. The van der Waals surface area contributed by atoms with Crippen molar-refractivity contribution in [2.45, 2.75) is 26.8 Å². The molecule has 0 spiro atoms. The zero-order chi connectivity index (χ0) is 21.0. The molecule has 0 aliphatic heterocycles. The van der Waals surface area contributed by atoms with E-state index in [2.05, 4.69) is 28.8 Å². The molecule has 1 aromatic heterocycles. The summed E-state index contributed by atoms with van der Waals surface area (Å²) in [4.78, 5) is 17.9. The monoisotopic (exact) mass is 430 g/mol. The van der Waals surface area contributed by atoms with Crippen LogP contribution in [0, 0.1) is 13.8 Å². The Kier molecular flexibility index (Phi) is 7.03. The summed E-state index contributed by atoms with van der Waals surface area (Å²) in [6, 6.07) is 10.0. The lowest BCUT2D eigenvalue weighted by atomic mass is 10.0. The number of ether oxygens (including phenoxy) is 2. The van der Waals surface area contributed by atoms with Crippen LogP contribution in [0.1, 0.15) is 16.7 Å². The second-order valence-electron chi connectivity index (χ2n) is 6.82. The van der Waals surface area contributed by atoms with Gasteiger partial charge >= 0.3 is 0 Å². The van der Waals surface area contributed by atoms with Crippen LogP contribution in [0.25, 0.3) is 10.2 Å². The molecule has 154 valence electrons. The highest BCUT2D eigenvalue weighted by molar-refractivity contribution is 7.98. The quantitative estimate of drug-likeness (QED) is 0.559. The highest BCUT2D eigenvalue weighted by atomic mass is 32.2. The normalized spacial score (nSPS) is 11.8. The maximum absolute atomic E-state index is 12.7. The fourth-order valence-electron chi connectivity index (χ4n) is 3.23. The third-order valence-corrected chi connectivity index (χ3v) is 6.40. The van der Waals surface area contributed by atoms with Gasteiger partial charge in [0.2, 0.25) is 0 Å². The van der Waals surface area contributed by atoms with Gasteiger partial charge in [-0.1, -0.05) is 35.1 Å². The zero-order valence-electron chi connectivity index (χ0n) is 17.4. The molecule has 2 aromatic carbocycles. The second kappa shape index (κ2) is 9.50. The number of amides is 1. The van der Waals surface area contributed by atoms with Gasteiger partial charge in [-0.3, -0.25) is 4.79 Å². The second-order valence-corrected chi connectivity index (χ2v) is 8.81. The summed E-state index contributed by atoms with van der Waals surface area (Å²) in [7, 11) is 3.25. The van der Waals surface area contributed by atoms with Crippen LogP contribution in [0.15, 0.2) is 35.3 Å². The van der Waals surface area contributed by atoms with Crippen molar-refractivity contribution in [3.05, 3.63) is 51.8 Å². The number of nitrogens with zero attached hydrogens (tertiary/aromatic N) is 2. The molecule has 0 unspecified atom stereocenters. The van der Waals surface area contributed by atoms with Crippen molar-refractivity contribution >= 4 is 39.2 Å². The molecule has 0 radical (unpaired) electrons. The van der Waals surface area contributed by atoms with Crippen molar-refractivity contribution in [1.29, 1.82) is 0 Å². The number of thioether (sulfide) groups is 1. The summed E-state index contributed by atoms with van der Waals surface area (Å²) in [5, 5.41) is 0. The number of fused-ring (bicyclic) bond motifs is 1. The van der Waals surface area contributed by atoms with E-state index in [-0.39, 0.29) is 5.91 Å². The predicted octanol–water partition coefficient (Wildman–Crippen LogP) is 4.37. The molecule has 0 saturated carbocycles. The SMILES string of the molecule is COc1cc2sc(=NC(=O)Cc3ccc(C)cc3C)n(CCSC)c2cc1OC. The molecule has 3 rings (SSSR count). The van der Waals surface area contributed by atoms with E-state index in [1.165, 1.54) is 16.9 Å². The van der Waals surface area contributed by atoms with Crippen molar-refractivity contribution in [2.75, 3.05) is 26.2 Å². The number of hydrogen-bond donors (Lipinski definition) is 0. The average Bonchev–Trinajstić information content (AvgIpc) is 3.02. The van der Waals surface area contributed by atoms with E-state index in [0.29, 0.717) is 22.7 Å². The molecule has 5 nitrogen and oxygen atoms in total. The summed E-state index contributed by atoms with van der Waals surface area (Å²) in [5.41, 5.74) is 4.33. The molecule has 0 aliphatic carbocycles. The minimum atomic E-state index is -0.139. The van der Waals surface area contributed by atoms with Crippen molar-refractivity contribution in [3.8, 4) is 11.5 Å². The van der Waals surface area contributed by atoms with Crippen LogP contribution in [0.4, 0.5) is 0 Å². The highest BCUT2D eigenvalue weighted by Crippen LogP contribution is 2.33. The molecule has 1 heterocycles. The molecule has 0 atom stereocenters. The largest absolute Gasteiger partial charge is 0.493 e. The molecular formula is C22H26N2O3S2. The van der Waals surface area contributed by atoms with Crippen LogP contribution in [0.2, 0.25) is 0 Å². The van der Waals surface area contributed by atoms with Crippen LogP contribution < -0.4 is 14.3 Å². The standard InChI is InChI=1S/C22H26N2O3S2/c1-14-6-7-16(15(2)10-14)11-21(25)23-22-24(8-9-28-5)17-12-18(26-3)19(27-4)13-20(17)29-22/h6-7,10,12-13H,8-9,11H2,1-5H3. The Morgan fingerprint density at radius 3 is 2.52 bits per heavy atom. The topological polar surface area (TPSA) is 52.8 Å². The molecule has 3 aromatic rings. The zero-order valence-corrected chi connectivity index (χ0v) is 19.1. The number of carbonyl (C=O) groups is 1. The van der Waals surface area contributed by atoms with Crippen molar-refractivity contribution in [2.24, 2.45) is 4.99 Å². The Balaban J connectivity index is 2.04. The smallest absolute Gasteiger partial charge is 0.252 e. The van der Waals surface area contributed by atoms with Crippen molar-refractivity contribution in [1.82, 2.24) is 4.57 Å². The lowest BCUT2D eigenvalue weighted by molar-refractivity contribution is -0.117. The first-order chi connectivity index (χ1) is 14.0. The minimum absolute atomic E-state index is 0.139.